The molecule has 298 valence electrons. The Labute approximate surface area is 331 Å². The first-order chi connectivity index (χ1) is 27.3. The molecule has 4 atom stereocenters. The second kappa shape index (κ2) is 21.0. The van der Waals surface area contributed by atoms with E-state index in [9.17, 15) is 24.3 Å². The summed E-state index contributed by atoms with van der Waals surface area (Å²) in [6, 6.07) is 21.3. The Morgan fingerprint density at radius 2 is 1.50 bits per heavy atom. The third-order valence-corrected chi connectivity index (χ3v) is 11.0. The van der Waals surface area contributed by atoms with E-state index in [1.54, 1.807) is 10.4 Å². The van der Waals surface area contributed by atoms with E-state index in [0.717, 1.165) is 35.0 Å². The number of aromatic nitrogens is 1. The number of morpholine rings is 2. The summed E-state index contributed by atoms with van der Waals surface area (Å²) in [7, 11) is 0. The van der Waals surface area contributed by atoms with E-state index in [4.69, 9.17) is 9.47 Å². The zero-order valence-electron chi connectivity index (χ0n) is 31.6. The number of ether oxygens (including phenoxy) is 2. The molecule has 0 unspecified atom stereocenters. The number of benzene rings is 3. The number of aliphatic hydroxyl groups is 1. The Hall–Kier alpha value is -4.73. The van der Waals surface area contributed by atoms with Gasteiger partial charge in [0, 0.05) is 57.5 Å². The highest BCUT2D eigenvalue weighted by Crippen LogP contribution is 2.24. The van der Waals surface area contributed by atoms with Gasteiger partial charge in [-0.05, 0) is 34.7 Å². The number of hydrogen-bond acceptors (Lipinski definition) is 10. The van der Waals surface area contributed by atoms with Crippen LogP contribution in [0.1, 0.15) is 29.7 Å². The fourth-order valence-corrected chi connectivity index (χ4v) is 7.78. The summed E-state index contributed by atoms with van der Waals surface area (Å²) < 4.78 is 10.9. The number of nitrogens with zero attached hydrogens (tertiary/aromatic N) is 3. The minimum absolute atomic E-state index is 0.0455. The molecule has 0 spiro atoms. The standard InChI is InChI=1S/C42H52N6O7S/c49-38(27-39(50)43-13-14-47-15-19-54-20-16-47)36(23-30-7-2-1-3-8-30)45-42(53)37(26-34-28-56-29-44-34)46-41(52)33(25-40(51)48-17-21-55-22-18-48)24-32-11-6-10-31-9-4-5-12-35(31)32/h1-12,28-29,33,36-38,49H,13-27H2,(H,43,50)(H,45,53)(H,46,52)/t33-,36+,37+,38+/m1/s1. The van der Waals surface area contributed by atoms with Gasteiger partial charge in [-0.15, -0.1) is 11.3 Å². The lowest BCUT2D eigenvalue weighted by Gasteiger charge is -2.30. The number of rotatable bonds is 18. The van der Waals surface area contributed by atoms with Crippen molar-refractivity contribution in [2.75, 3.05) is 65.7 Å². The molecule has 2 aliphatic heterocycles. The summed E-state index contributed by atoms with van der Waals surface area (Å²) in [5.41, 5.74) is 4.07. The Morgan fingerprint density at radius 3 is 2.25 bits per heavy atom. The molecule has 2 saturated heterocycles. The molecular formula is C42H52N6O7S. The zero-order valence-corrected chi connectivity index (χ0v) is 32.5. The van der Waals surface area contributed by atoms with Gasteiger partial charge in [-0.2, -0.15) is 0 Å². The Morgan fingerprint density at radius 1 is 0.786 bits per heavy atom. The lowest BCUT2D eigenvalue weighted by molar-refractivity contribution is -0.140. The van der Waals surface area contributed by atoms with Crippen molar-refractivity contribution in [2.24, 2.45) is 5.92 Å². The number of hydrogen-bond donors (Lipinski definition) is 4. The quantitative estimate of drug-likeness (QED) is 0.119. The van der Waals surface area contributed by atoms with Gasteiger partial charge in [0.2, 0.25) is 23.6 Å². The van der Waals surface area contributed by atoms with Crippen molar-refractivity contribution in [1.29, 1.82) is 0 Å². The van der Waals surface area contributed by atoms with Gasteiger partial charge < -0.3 is 35.4 Å². The highest BCUT2D eigenvalue weighted by Gasteiger charge is 2.33. The number of fused-ring (bicyclic) bond motifs is 1. The van der Waals surface area contributed by atoms with Gasteiger partial charge >= 0.3 is 0 Å². The van der Waals surface area contributed by atoms with E-state index in [2.05, 4.69) is 25.8 Å². The third-order valence-electron chi connectivity index (χ3n) is 10.4. The van der Waals surface area contributed by atoms with Crippen molar-refractivity contribution in [3.8, 4) is 0 Å². The van der Waals surface area contributed by atoms with E-state index in [-0.39, 0.29) is 43.9 Å². The van der Waals surface area contributed by atoms with Crippen molar-refractivity contribution in [3.63, 3.8) is 0 Å². The molecule has 2 fully saturated rings. The molecule has 14 heteroatoms. The summed E-state index contributed by atoms with van der Waals surface area (Å²) in [5, 5.41) is 24.2. The second-order valence-corrected chi connectivity index (χ2v) is 15.1. The Balaban J connectivity index is 1.19. The van der Waals surface area contributed by atoms with Crippen molar-refractivity contribution in [2.45, 2.75) is 50.3 Å². The molecule has 4 amide bonds. The molecule has 0 radical (unpaired) electrons. The van der Waals surface area contributed by atoms with Gasteiger partial charge in [0.25, 0.3) is 0 Å². The first-order valence-corrected chi connectivity index (χ1v) is 20.4. The molecule has 1 aromatic heterocycles. The van der Waals surface area contributed by atoms with E-state index < -0.39 is 35.9 Å². The molecule has 4 N–H and O–H groups in total. The van der Waals surface area contributed by atoms with Crippen LogP contribution in [0.25, 0.3) is 10.8 Å². The maximum Gasteiger partial charge on any atom is 0.243 e. The summed E-state index contributed by atoms with van der Waals surface area (Å²) in [6.45, 7) is 5.81. The normalized spacial score (nSPS) is 17.1. The largest absolute Gasteiger partial charge is 0.390 e. The molecule has 0 saturated carbocycles. The number of nitrogens with one attached hydrogen (secondary N) is 3. The molecule has 56 heavy (non-hydrogen) atoms. The fourth-order valence-electron chi connectivity index (χ4n) is 7.21. The van der Waals surface area contributed by atoms with Crippen LogP contribution in [0.3, 0.4) is 0 Å². The number of thiazole rings is 1. The average molecular weight is 785 g/mol. The van der Waals surface area contributed by atoms with E-state index >= 15 is 0 Å². The maximum atomic E-state index is 14.4. The summed E-state index contributed by atoms with van der Waals surface area (Å²) in [5.74, 6) is -2.22. The lowest BCUT2D eigenvalue weighted by Crippen LogP contribution is -2.55. The van der Waals surface area contributed by atoms with E-state index in [0.29, 0.717) is 58.3 Å². The molecule has 2 aliphatic rings. The first-order valence-electron chi connectivity index (χ1n) is 19.4. The van der Waals surface area contributed by atoms with Crippen molar-refractivity contribution >= 4 is 45.7 Å². The topological polar surface area (TPSA) is 162 Å². The Kier molecular flexibility index (Phi) is 15.3. The van der Waals surface area contributed by atoms with Crippen LogP contribution in [-0.4, -0.2) is 127 Å². The molecule has 3 aromatic carbocycles. The second-order valence-electron chi connectivity index (χ2n) is 14.4. The van der Waals surface area contributed by atoms with E-state index in [1.807, 2.05) is 78.2 Å². The molecular weight excluding hydrogens is 733 g/mol. The van der Waals surface area contributed by atoms with Crippen LogP contribution in [-0.2, 0) is 47.9 Å². The highest BCUT2D eigenvalue weighted by molar-refractivity contribution is 7.07. The van der Waals surface area contributed by atoms with Gasteiger partial charge in [-0.1, -0.05) is 72.8 Å². The summed E-state index contributed by atoms with van der Waals surface area (Å²) >= 11 is 1.38. The first kappa shape index (κ1) is 40.9. The predicted molar refractivity (Wildman–Crippen MR) is 214 cm³/mol. The van der Waals surface area contributed by atoms with Crippen LogP contribution in [0.15, 0.2) is 83.7 Å². The zero-order chi connectivity index (χ0) is 39.1. The monoisotopic (exact) mass is 784 g/mol. The van der Waals surface area contributed by atoms with Crippen molar-refractivity contribution in [1.82, 2.24) is 30.7 Å². The number of amides is 4. The van der Waals surface area contributed by atoms with Gasteiger partial charge in [0.15, 0.2) is 0 Å². The predicted octanol–water partition coefficient (Wildman–Crippen LogP) is 2.36. The van der Waals surface area contributed by atoms with Crippen LogP contribution in [0.4, 0.5) is 0 Å². The van der Waals surface area contributed by atoms with Crippen LogP contribution in [0, 0.1) is 5.92 Å². The van der Waals surface area contributed by atoms with Crippen LogP contribution >= 0.6 is 11.3 Å². The molecule has 0 aliphatic carbocycles. The maximum absolute atomic E-state index is 14.4. The van der Waals surface area contributed by atoms with Crippen molar-refractivity contribution in [3.05, 3.63) is 101 Å². The average Bonchev–Trinajstić information content (AvgIpc) is 3.74. The van der Waals surface area contributed by atoms with Gasteiger partial charge in [0.05, 0.1) is 62.1 Å². The van der Waals surface area contributed by atoms with Crippen molar-refractivity contribution < 1.29 is 33.8 Å². The van der Waals surface area contributed by atoms with Crippen LogP contribution in [0.5, 0.6) is 0 Å². The number of carbonyl (C=O) groups excluding carboxylic acids is 4. The lowest BCUT2D eigenvalue weighted by atomic mass is 9.91. The number of carbonyl (C=O) groups is 4. The SMILES string of the molecule is O=C(C[C@H](O)[C@H](Cc1ccccc1)NC(=O)[C@H](Cc1cscn1)NC(=O)[C@@H](CC(=O)N1CCOCC1)Cc1cccc2ccccc12)NCCN1CCOCC1. The van der Waals surface area contributed by atoms with E-state index in [1.165, 1.54) is 11.3 Å². The van der Waals surface area contributed by atoms with Gasteiger partial charge in [-0.3, -0.25) is 24.1 Å². The minimum atomic E-state index is -1.22. The van der Waals surface area contributed by atoms with Gasteiger partial charge in [-0.25, -0.2) is 4.98 Å². The number of aliphatic hydroxyl groups excluding tert-OH is 1. The van der Waals surface area contributed by atoms with Crippen LogP contribution < -0.4 is 16.0 Å². The molecule has 6 rings (SSSR count). The van der Waals surface area contributed by atoms with Gasteiger partial charge in [0.1, 0.15) is 6.04 Å². The third kappa shape index (κ3) is 12.1. The Bertz CT molecular complexity index is 1860. The molecule has 4 aromatic rings. The molecule has 13 nitrogen and oxygen atoms in total. The van der Waals surface area contributed by atoms with Crippen LogP contribution in [0.2, 0.25) is 0 Å². The summed E-state index contributed by atoms with van der Waals surface area (Å²) in [6.07, 6.45) is -0.857. The fraction of sp³-hybridized carbons (Fsp3) is 0.452. The summed E-state index contributed by atoms with van der Waals surface area (Å²) in [4.78, 5) is 63.6. The highest BCUT2D eigenvalue weighted by atomic mass is 32.1. The smallest absolute Gasteiger partial charge is 0.243 e. The minimum Gasteiger partial charge on any atom is -0.390 e. The molecule has 0 bridgehead atoms. The molecule has 3 heterocycles.